The highest BCUT2D eigenvalue weighted by Crippen LogP contribution is 2.21. The van der Waals surface area contributed by atoms with Gasteiger partial charge in [0.05, 0.1) is 11.5 Å². The molecule has 0 fully saturated rings. The number of unbranched alkanes of at least 4 members (excludes halogenated alkanes) is 1. The largest absolute Gasteiger partial charge is 0.301 e. The highest BCUT2D eigenvalue weighted by atomic mass is 15.1. The quantitative estimate of drug-likeness (QED) is 0.602. The summed E-state index contributed by atoms with van der Waals surface area (Å²) in [5, 5.41) is 8.88. The van der Waals surface area contributed by atoms with Gasteiger partial charge in [0.15, 0.2) is 0 Å². The zero-order valence-corrected chi connectivity index (χ0v) is 11.0. The molecule has 0 aromatic rings. The van der Waals surface area contributed by atoms with Gasteiger partial charge < -0.3 is 4.90 Å². The van der Waals surface area contributed by atoms with E-state index in [1.54, 1.807) is 0 Å². The minimum absolute atomic E-state index is 0.144. The van der Waals surface area contributed by atoms with Crippen molar-refractivity contribution in [3.05, 3.63) is 0 Å². The van der Waals surface area contributed by atoms with E-state index in [4.69, 9.17) is 5.26 Å². The molecule has 15 heavy (non-hydrogen) atoms. The minimum Gasteiger partial charge on any atom is -0.301 e. The Balaban J connectivity index is 3.67. The van der Waals surface area contributed by atoms with E-state index in [0.717, 1.165) is 25.9 Å². The molecule has 0 saturated heterocycles. The molecule has 0 aliphatic heterocycles. The van der Waals surface area contributed by atoms with E-state index in [9.17, 15) is 0 Å². The zero-order valence-electron chi connectivity index (χ0n) is 11.0. The fourth-order valence-corrected chi connectivity index (χ4v) is 1.72. The van der Waals surface area contributed by atoms with Gasteiger partial charge in [-0.25, -0.2) is 0 Å². The summed E-state index contributed by atoms with van der Waals surface area (Å²) in [7, 11) is 0. The van der Waals surface area contributed by atoms with Crippen molar-refractivity contribution < 1.29 is 0 Å². The molecule has 0 atom stereocenters. The summed E-state index contributed by atoms with van der Waals surface area (Å²) in [4.78, 5) is 2.47. The number of hydrogen-bond donors (Lipinski definition) is 0. The van der Waals surface area contributed by atoms with E-state index in [0.29, 0.717) is 6.04 Å². The monoisotopic (exact) mass is 210 g/mol. The van der Waals surface area contributed by atoms with Crippen LogP contribution in [0.25, 0.3) is 0 Å². The molecule has 0 spiro atoms. The van der Waals surface area contributed by atoms with Gasteiger partial charge in [-0.2, -0.15) is 5.26 Å². The van der Waals surface area contributed by atoms with Crippen LogP contribution in [0, 0.1) is 16.7 Å². The van der Waals surface area contributed by atoms with Crippen molar-refractivity contribution in [2.24, 2.45) is 5.41 Å². The van der Waals surface area contributed by atoms with Crippen LogP contribution in [0.2, 0.25) is 0 Å². The Labute approximate surface area is 95.3 Å². The van der Waals surface area contributed by atoms with Crippen LogP contribution in [0.4, 0.5) is 0 Å². The summed E-state index contributed by atoms with van der Waals surface area (Å²) < 4.78 is 0. The van der Waals surface area contributed by atoms with Crippen LogP contribution in [0.15, 0.2) is 0 Å². The lowest BCUT2D eigenvalue weighted by atomic mass is 9.89. The molecule has 0 aromatic heterocycles. The average molecular weight is 210 g/mol. The van der Waals surface area contributed by atoms with Gasteiger partial charge in [-0.1, -0.05) is 13.3 Å². The summed E-state index contributed by atoms with van der Waals surface area (Å²) in [6, 6.07) is 2.99. The lowest BCUT2D eigenvalue weighted by molar-refractivity contribution is 0.225. The molecular weight excluding hydrogens is 184 g/mol. The van der Waals surface area contributed by atoms with Gasteiger partial charge in [0.1, 0.15) is 0 Å². The third-order valence-corrected chi connectivity index (χ3v) is 2.94. The van der Waals surface area contributed by atoms with E-state index in [-0.39, 0.29) is 5.41 Å². The Morgan fingerprint density at radius 3 is 2.27 bits per heavy atom. The summed E-state index contributed by atoms with van der Waals surface area (Å²) >= 11 is 0. The van der Waals surface area contributed by atoms with E-state index < -0.39 is 0 Å². The topological polar surface area (TPSA) is 27.0 Å². The number of rotatable bonds is 7. The molecule has 0 aromatic carbocycles. The number of hydrogen-bond acceptors (Lipinski definition) is 2. The van der Waals surface area contributed by atoms with Crippen LogP contribution in [0.5, 0.6) is 0 Å². The number of nitrogens with zero attached hydrogens (tertiary/aromatic N) is 2. The zero-order chi connectivity index (χ0) is 11.9. The predicted octanol–water partition coefficient (Wildman–Crippen LogP) is 3.44. The van der Waals surface area contributed by atoms with Gasteiger partial charge in [-0.3, -0.25) is 0 Å². The molecule has 88 valence electrons. The Hall–Kier alpha value is -0.550. The van der Waals surface area contributed by atoms with Crippen molar-refractivity contribution in [1.29, 1.82) is 5.26 Å². The molecule has 0 unspecified atom stereocenters. The van der Waals surface area contributed by atoms with Crippen LogP contribution in [0.3, 0.4) is 0 Å². The van der Waals surface area contributed by atoms with E-state index in [1.165, 1.54) is 6.42 Å². The molecule has 0 heterocycles. The summed E-state index contributed by atoms with van der Waals surface area (Å²) in [5.74, 6) is 0. The molecule has 0 bridgehead atoms. The maximum atomic E-state index is 8.88. The second kappa shape index (κ2) is 6.85. The molecule has 0 aliphatic rings. The van der Waals surface area contributed by atoms with Gasteiger partial charge >= 0.3 is 0 Å². The smallest absolute Gasteiger partial charge is 0.0683 e. The van der Waals surface area contributed by atoms with Crippen molar-refractivity contribution in [3.8, 4) is 6.07 Å². The van der Waals surface area contributed by atoms with Crippen molar-refractivity contribution in [3.63, 3.8) is 0 Å². The highest BCUT2D eigenvalue weighted by Gasteiger charge is 2.15. The lowest BCUT2D eigenvalue weighted by Crippen LogP contribution is -2.31. The Morgan fingerprint density at radius 2 is 1.87 bits per heavy atom. The first-order chi connectivity index (χ1) is 6.93. The van der Waals surface area contributed by atoms with Gasteiger partial charge in [-0.05, 0) is 53.6 Å². The fraction of sp³-hybridized carbons (Fsp3) is 0.923. The van der Waals surface area contributed by atoms with Gasteiger partial charge in [0.2, 0.25) is 0 Å². The minimum atomic E-state index is -0.144. The Bertz CT molecular complexity index is 201. The Kier molecular flexibility index (Phi) is 6.60. The molecule has 0 rings (SSSR count). The lowest BCUT2D eigenvalue weighted by Gasteiger charge is -2.25. The normalized spacial score (nSPS) is 12.1. The first kappa shape index (κ1) is 14.5. The molecule has 0 radical (unpaired) electrons. The molecule has 2 nitrogen and oxygen atoms in total. The first-order valence-electron chi connectivity index (χ1n) is 6.08. The second-order valence-electron chi connectivity index (χ2n) is 5.18. The van der Waals surface area contributed by atoms with Gasteiger partial charge in [-0.15, -0.1) is 0 Å². The van der Waals surface area contributed by atoms with Crippen molar-refractivity contribution >= 4 is 0 Å². The molecule has 0 saturated carbocycles. The maximum absolute atomic E-state index is 8.88. The summed E-state index contributed by atoms with van der Waals surface area (Å²) in [6.45, 7) is 13.0. The SMILES string of the molecule is CCN(CCCCC(C)(C)C#N)C(C)C. The van der Waals surface area contributed by atoms with E-state index in [1.807, 2.05) is 13.8 Å². The van der Waals surface area contributed by atoms with Crippen molar-refractivity contribution in [2.45, 2.75) is 59.9 Å². The molecular formula is C13H26N2. The third-order valence-electron chi connectivity index (χ3n) is 2.94. The Morgan fingerprint density at radius 1 is 1.27 bits per heavy atom. The first-order valence-corrected chi connectivity index (χ1v) is 6.08. The standard InChI is InChI=1S/C13H26N2/c1-6-15(12(2)3)10-8-7-9-13(4,5)11-14/h12H,6-10H2,1-5H3. The van der Waals surface area contributed by atoms with Crippen LogP contribution < -0.4 is 0 Å². The summed E-state index contributed by atoms with van der Waals surface area (Å²) in [5.41, 5.74) is -0.144. The predicted molar refractivity (Wildman–Crippen MR) is 65.6 cm³/mol. The van der Waals surface area contributed by atoms with Gasteiger partial charge in [0, 0.05) is 6.04 Å². The molecule has 2 heteroatoms. The van der Waals surface area contributed by atoms with E-state index in [2.05, 4.69) is 31.7 Å². The van der Waals surface area contributed by atoms with E-state index >= 15 is 0 Å². The average Bonchev–Trinajstić information content (AvgIpc) is 2.17. The van der Waals surface area contributed by atoms with Crippen molar-refractivity contribution in [1.82, 2.24) is 4.90 Å². The fourth-order valence-electron chi connectivity index (χ4n) is 1.72. The summed E-state index contributed by atoms with van der Waals surface area (Å²) in [6.07, 6.45) is 3.38. The molecule has 0 aliphatic carbocycles. The molecule has 0 amide bonds. The van der Waals surface area contributed by atoms with Crippen LogP contribution >= 0.6 is 0 Å². The number of nitriles is 1. The van der Waals surface area contributed by atoms with Crippen molar-refractivity contribution in [2.75, 3.05) is 13.1 Å². The van der Waals surface area contributed by atoms with Crippen LogP contribution in [-0.4, -0.2) is 24.0 Å². The molecule has 0 N–H and O–H groups in total. The van der Waals surface area contributed by atoms with Crippen LogP contribution in [-0.2, 0) is 0 Å². The third kappa shape index (κ3) is 6.52. The van der Waals surface area contributed by atoms with Crippen LogP contribution in [0.1, 0.15) is 53.9 Å². The second-order valence-corrected chi connectivity index (χ2v) is 5.18. The van der Waals surface area contributed by atoms with Gasteiger partial charge in [0.25, 0.3) is 0 Å². The maximum Gasteiger partial charge on any atom is 0.0683 e. The highest BCUT2D eigenvalue weighted by molar-refractivity contribution is 4.91.